The molecule has 1 aliphatic heterocycles. The van der Waals surface area contributed by atoms with E-state index in [1.54, 1.807) is 0 Å². The van der Waals surface area contributed by atoms with Crippen molar-refractivity contribution >= 4 is 23.5 Å². The van der Waals surface area contributed by atoms with Crippen LogP contribution >= 0.6 is 0 Å². The van der Waals surface area contributed by atoms with Crippen LogP contribution in [0.2, 0.25) is 0 Å². The highest BCUT2D eigenvalue weighted by molar-refractivity contribution is 5.98. The zero-order valence-electron chi connectivity index (χ0n) is 17.2. The van der Waals surface area contributed by atoms with E-state index < -0.39 is 48.9 Å². The second-order valence-corrected chi connectivity index (χ2v) is 7.47. The van der Waals surface area contributed by atoms with Gasteiger partial charge in [-0.2, -0.15) is 10.4 Å². The van der Waals surface area contributed by atoms with Gasteiger partial charge in [0.05, 0.1) is 18.0 Å². The van der Waals surface area contributed by atoms with Gasteiger partial charge in [-0.15, -0.1) is 0 Å². The number of hydrogen-bond acceptors (Lipinski definition) is 7. The van der Waals surface area contributed by atoms with Gasteiger partial charge < -0.3 is 25.8 Å². The number of carbonyl (C=O) groups is 2. The molecule has 2 atom stereocenters. The first-order chi connectivity index (χ1) is 15.6. The molecule has 1 aliphatic rings. The first-order valence-corrected chi connectivity index (χ1v) is 9.85. The monoisotopic (exact) mass is 466 g/mol. The first kappa shape index (κ1) is 23.9. The molecule has 3 rings (SSSR count). The molecule has 0 saturated carbocycles. The van der Waals surface area contributed by atoms with Crippen molar-refractivity contribution in [3.05, 3.63) is 41.8 Å². The van der Waals surface area contributed by atoms with Crippen LogP contribution in [0.4, 0.5) is 29.5 Å². The molecule has 0 bridgehead atoms. The number of primary amides is 1. The Labute approximate surface area is 186 Å². The van der Waals surface area contributed by atoms with E-state index in [-0.39, 0.29) is 30.9 Å². The summed E-state index contributed by atoms with van der Waals surface area (Å²) < 4.78 is 45.3. The number of nitrogens with two attached hydrogens (primary N) is 1. The Kier molecular flexibility index (Phi) is 7.07. The summed E-state index contributed by atoms with van der Waals surface area (Å²) in [7, 11) is 0. The van der Waals surface area contributed by atoms with Crippen molar-refractivity contribution in [3.63, 3.8) is 0 Å². The average molecular weight is 466 g/mol. The lowest BCUT2D eigenvalue weighted by Gasteiger charge is -2.35. The Morgan fingerprint density at radius 3 is 2.67 bits per heavy atom. The fourth-order valence-corrected chi connectivity index (χ4v) is 3.36. The van der Waals surface area contributed by atoms with Crippen LogP contribution in [0.3, 0.4) is 0 Å². The molecular formula is C20H21F3N6O4. The number of nitrogens with one attached hydrogen (secondary N) is 1. The number of carbonyl (C=O) groups excluding carboxylic acids is 2. The Hall–Kier alpha value is -3.79. The number of likely N-dealkylation sites (tertiary alicyclic amines) is 1. The number of anilines is 2. The lowest BCUT2D eigenvalue weighted by molar-refractivity contribution is -0.0942. The predicted molar refractivity (Wildman–Crippen MR) is 108 cm³/mol. The lowest BCUT2D eigenvalue weighted by Crippen LogP contribution is -2.45. The van der Waals surface area contributed by atoms with Crippen molar-refractivity contribution < 1.29 is 32.6 Å². The van der Waals surface area contributed by atoms with Crippen LogP contribution in [0, 0.1) is 23.1 Å². The minimum Gasteiger partial charge on any atom is -0.443 e. The van der Waals surface area contributed by atoms with E-state index in [0.717, 1.165) is 4.90 Å². The maximum atomic E-state index is 13.1. The van der Waals surface area contributed by atoms with Gasteiger partial charge in [0.25, 0.3) is 5.91 Å². The minimum absolute atomic E-state index is 0.0455. The van der Waals surface area contributed by atoms with E-state index >= 15 is 0 Å². The zero-order valence-corrected chi connectivity index (χ0v) is 17.2. The van der Waals surface area contributed by atoms with Crippen molar-refractivity contribution in [1.82, 2.24) is 14.7 Å². The van der Waals surface area contributed by atoms with E-state index in [2.05, 4.69) is 21.2 Å². The van der Waals surface area contributed by atoms with E-state index in [1.807, 2.05) is 0 Å². The molecule has 2 amide bonds. The predicted octanol–water partition coefficient (Wildman–Crippen LogP) is 2.02. The molecule has 1 aromatic heterocycles. The van der Waals surface area contributed by atoms with Crippen molar-refractivity contribution in [2.24, 2.45) is 11.7 Å². The van der Waals surface area contributed by atoms with Gasteiger partial charge in [-0.3, -0.25) is 9.48 Å². The van der Waals surface area contributed by atoms with E-state index in [4.69, 9.17) is 10.8 Å². The summed E-state index contributed by atoms with van der Waals surface area (Å²) in [5.41, 5.74) is 5.94. The third kappa shape index (κ3) is 5.72. The topological polar surface area (TPSA) is 146 Å². The van der Waals surface area contributed by atoms with E-state index in [9.17, 15) is 28.0 Å². The molecule has 10 nitrogen and oxygen atoms in total. The van der Waals surface area contributed by atoms with Gasteiger partial charge in [0, 0.05) is 25.0 Å². The number of rotatable bonds is 7. The third-order valence-electron chi connectivity index (χ3n) is 5.08. The molecule has 176 valence electrons. The number of aliphatic hydroxyl groups excluding tert-OH is 1. The number of halogens is 3. The number of benzene rings is 1. The maximum absolute atomic E-state index is 13.1. The van der Waals surface area contributed by atoms with Crippen LogP contribution in [0.1, 0.15) is 22.8 Å². The van der Waals surface area contributed by atoms with Gasteiger partial charge in [-0.25, -0.2) is 18.0 Å². The number of nitriles is 1. The Bertz CT molecular complexity index is 1050. The van der Waals surface area contributed by atoms with Crippen LogP contribution in [0.15, 0.2) is 30.5 Å². The molecular weight excluding hydrogens is 445 g/mol. The van der Waals surface area contributed by atoms with Gasteiger partial charge in [0.1, 0.15) is 18.0 Å². The van der Waals surface area contributed by atoms with Crippen molar-refractivity contribution in [2.45, 2.75) is 18.4 Å². The average Bonchev–Trinajstić information content (AvgIpc) is 3.22. The smallest absolute Gasteiger partial charge is 0.410 e. The number of piperidine rings is 1. The molecule has 33 heavy (non-hydrogen) atoms. The van der Waals surface area contributed by atoms with Gasteiger partial charge >= 0.3 is 12.0 Å². The normalized spacial score (nSPS) is 18.5. The lowest BCUT2D eigenvalue weighted by atomic mass is 9.94. The van der Waals surface area contributed by atoms with Crippen LogP contribution in [0.5, 0.6) is 0 Å². The number of ether oxygens (including phenoxy) is 1. The summed E-state index contributed by atoms with van der Waals surface area (Å²) in [5.74, 6) is -5.45. The molecule has 0 radical (unpaired) electrons. The van der Waals surface area contributed by atoms with Gasteiger partial charge in [0.2, 0.25) is 0 Å². The molecule has 2 aromatic rings. The van der Waals surface area contributed by atoms with E-state index in [1.165, 1.54) is 35.1 Å². The summed E-state index contributed by atoms with van der Waals surface area (Å²) in [5, 5.41) is 25.4. The molecule has 4 N–H and O–H groups in total. The summed E-state index contributed by atoms with van der Waals surface area (Å²) >= 11 is 0. The number of amides is 2. The van der Waals surface area contributed by atoms with E-state index in [0.29, 0.717) is 5.69 Å². The van der Waals surface area contributed by atoms with Crippen LogP contribution in [-0.2, 0) is 4.74 Å². The molecule has 1 fully saturated rings. The molecule has 1 aromatic carbocycles. The quantitative estimate of drug-likeness (QED) is 0.566. The Balaban J connectivity index is 1.74. The first-order valence-electron chi connectivity index (χ1n) is 9.85. The van der Waals surface area contributed by atoms with Gasteiger partial charge in [-0.1, -0.05) is 0 Å². The number of aliphatic hydroxyl groups is 1. The summed E-state index contributed by atoms with van der Waals surface area (Å²) in [6, 6.07) is 6.85. The summed E-state index contributed by atoms with van der Waals surface area (Å²) in [4.78, 5) is 25.1. The third-order valence-corrected chi connectivity index (χ3v) is 5.08. The fraction of sp³-hybridized carbons (Fsp3) is 0.400. The molecule has 2 heterocycles. The largest absolute Gasteiger partial charge is 0.443 e. The Morgan fingerprint density at radius 2 is 2.06 bits per heavy atom. The highest BCUT2D eigenvalue weighted by Crippen LogP contribution is 2.30. The minimum atomic E-state index is -3.56. The zero-order chi connectivity index (χ0) is 24.2. The Morgan fingerprint density at radius 1 is 1.36 bits per heavy atom. The molecule has 13 heteroatoms. The second kappa shape index (κ2) is 9.78. The van der Waals surface area contributed by atoms with Crippen molar-refractivity contribution in [3.8, 4) is 6.07 Å². The highest BCUT2D eigenvalue weighted by atomic mass is 19.3. The van der Waals surface area contributed by atoms with Gasteiger partial charge in [-0.05, 0) is 30.7 Å². The highest BCUT2D eigenvalue weighted by Gasteiger charge is 2.36. The number of nitrogens with zero attached hydrogens (tertiary/aromatic N) is 4. The summed E-state index contributed by atoms with van der Waals surface area (Å²) in [6.07, 6.45) is 0.567. The second-order valence-electron chi connectivity index (χ2n) is 7.47. The molecule has 0 spiro atoms. The molecule has 0 aliphatic carbocycles. The van der Waals surface area contributed by atoms with Crippen LogP contribution in [0.25, 0.3) is 0 Å². The van der Waals surface area contributed by atoms with Crippen LogP contribution < -0.4 is 11.1 Å². The number of aromatic nitrogens is 2. The van der Waals surface area contributed by atoms with Crippen molar-refractivity contribution in [2.75, 3.05) is 31.6 Å². The molecule has 0 unspecified atom stereocenters. The van der Waals surface area contributed by atoms with Crippen molar-refractivity contribution in [1.29, 1.82) is 5.26 Å². The number of alkyl halides is 2. The maximum Gasteiger partial charge on any atom is 0.410 e. The van der Waals surface area contributed by atoms with Crippen LogP contribution in [-0.4, -0.2) is 64.0 Å². The number of hydrogen-bond donors (Lipinski definition) is 3. The summed E-state index contributed by atoms with van der Waals surface area (Å²) in [6.45, 7) is -2.77. The standard InChI is InChI=1S/C20H21F3N6O4/c21-13-1-3-14(4-2-13)26-18-15(17(25)31)9-29(27-18)16-5-6-28(8-12(16)7-24)19(32)33-11-20(22,23)10-30/h1-4,9,12,16,30H,5-6,8,10-11H2,(H2,25,31)(H,26,27)/t12-,16+/m0/s1. The molecule has 1 saturated heterocycles. The fourth-order valence-electron chi connectivity index (χ4n) is 3.36. The van der Waals surface area contributed by atoms with Gasteiger partial charge in [0.15, 0.2) is 12.4 Å². The SMILES string of the molecule is N#C[C@H]1CN(C(=O)OCC(F)(F)CO)CC[C@H]1n1cc(C(N)=O)c(Nc2ccc(F)cc2)n1.